The van der Waals surface area contributed by atoms with E-state index >= 15 is 0 Å². The van der Waals surface area contributed by atoms with Gasteiger partial charge in [-0.05, 0) is 25.2 Å². The lowest BCUT2D eigenvalue weighted by Gasteiger charge is -2.37. The Morgan fingerprint density at radius 3 is 1.71 bits per heavy atom. The van der Waals surface area contributed by atoms with Gasteiger partial charge >= 0.3 is 5.97 Å². The summed E-state index contributed by atoms with van der Waals surface area (Å²) in [7, 11) is 0. The Morgan fingerprint density at radius 1 is 0.735 bits per heavy atom. The first kappa shape index (κ1) is 31.0. The molecule has 1 amide bonds. The second-order valence-corrected chi connectivity index (χ2v) is 10.9. The number of carbonyl (C=O) groups is 2. The first-order chi connectivity index (χ1) is 16.6. The van der Waals surface area contributed by atoms with E-state index < -0.39 is 0 Å². The van der Waals surface area contributed by atoms with Crippen LogP contribution in [0.4, 0.5) is 0 Å². The molecule has 0 aromatic rings. The fourth-order valence-electron chi connectivity index (χ4n) is 5.42. The van der Waals surface area contributed by atoms with Crippen molar-refractivity contribution in [1.82, 2.24) is 0 Å². The first-order valence-electron chi connectivity index (χ1n) is 15.1. The molecule has 34 heavy (non-hydrogen) atoms. The van der Waals surface area contributed by atoms with Crippen LogP contribution >= 0.6 is 0 Å². The van der Waals surface area contributed by atoms with Crippen molar-refractivity contribution in [2.75, 3.05) is 0 Å². The van der Waals surface area contributed by atoms with Crippen LogP contribution in [0.15, 0.2) is 0 Å². The standard InChI is InChI=1S/C30H57NO3/c1-3-5-7-9-10-11-12-14-17-21-26(22-18-15-13-16-20-24-29(31)32)25-28-27(30(33)34-28)23-19-8-6-4-2/h26-28H,3-25H2,1-2H3,(H2,31,32)/t26-,27+,28+/m1/s1. The smallest absolute Gasteiger partial charge is 0.313 e. The lowest BCUT2D eigenvalue weighted by atomic mass is 9.81. The van der Waals surface area contributed by atoms with E-state index in [4.69, 9.17) is 10.5 Å². The van der Waals surface area contributed by atoms with Crippen molar-refractivity contribution < 1.29 is 14.3 Å². The largest absolute Gasteiger partial charge is 0.461 e. The summed E-state index contributed by atoms with van der Waals surface area (Å²) < 4.78 is 5.63. The van der Waals surface area contributed by atoms with E-state index in [-0.39, 0.29) is 23.9 Å². The predicted molar refractivity (Wildman–Crippen MR) is 144 cm³/mol. The lowest BCUT2D eigenvalue weighted by Crippen LogP contribution is -2.46. The SMILES string of the molecule is CCCCCCCCCCC[C@H](CCCCCCCC(N)=O)C[C@@H]1OC(=O)[C@H]1CCCCCC. The normalized spacial score (nSPS) is 18.5. The zero-order valence-electron chi connectivity index (χ0n) is 22.8. The zero-order valence-corrected chi connectivity index (χ0v) is 22.8. The van der Waals surface area contributed by atoms with Crippen LogP contribution in [0.1, 0.15) is 162 Å². The molecule has 1 aliphatic rings. The minimum atomic E-state index is -0.180. The zero-order chi connectivity index (χ0) is 24.9. The Kier molecular flexibility index (Phi) is 19.3. The van der Waals surface area contributed by atoms with E-state index in [2.05, 4.69) is 13.8 Å². The van der Waals surface area contributed by atoms with Crippen molar-refractivity contribution in [1.29, 1.82) is 0 Å². The molecule has 2 N–H and O–H groups in total. The second kappa shape index (κ2) is 21.2. The average molecular weight is 480 g/mol. The number of carbonyl (C=O) groups excluding carboxylic acids is 2. The van der Waals surface area contributed by atoms with E-state index in [1.54, 1.807) is 0 Å². The molecule has 1 fully saturated rings. The molecule has 1 heterocycles. The molecule has 0 aromatic carbocycles. The summed E-state index contributed by atoms with van der Waals surface area (Å²) in [5.41, 5.74) is 5.23. The van der Waals surface area contributed by atoms with E-state index in [0.29, 0.717) is 12.3 Å². The Hall–Kier alpha value is -1.06. The van der Waals surface area contributed by atoms with Crippen molar-refractivity contribution in [2.24, 2.45) is 17.6 Å². The number of primary amides is 1. The fourth-order valence-corrected chi connectivity index (χ4v) is 5.42. The molecule has 3 atom stereocenters. The van der Waals surface area contributed by atoms with E-state index in [0.717, 1.165) is 25.7 Å². The van der Waals surface area contributed by atoms with Crippen molar-refractivity contribution in [3.63, 3.8) is 0 Å². The number of cyclic esters (lactones) is 1. The van der Waals surface area contributed by atoms with Crippen LogP contribution in [-0.2, 0) is 14.3 Å². The third kappa shape index (κ3) is 15.8. The maximum Gasteiger partial charge on any atom is 0.313 e. The number of unbranched alkanes of at least 4 members (excludes halogenated alkanes) is 15. The lowest BCUT2D eigenvalue weighted by molar-refractivity contribution is -0.187. The number of rotatable bonds is 25. The predicted octanol–water partition coefficient (Wildman–Crippen LogP) is 8.64. The molecule has 0 unspecified atom stereocenters. The molecule has 1 aliphatic heterocycles. The van der Waals surface area contributed by atoms with Gasteiger partial charge < -0.3 is 10.5 Å². The monoisotopic (exact) mass is 479 g/mol. The van der Waals surface area contributed by atoms with Crippen LogP contribution in [0, 0.1) is 11.8 Å². The van der Waals surface area contributed by atoms with Crippen LogP contribution < -0.4 is 5.73 Å². The molecule has 0 bridgehead atoms. The van der Waals surface area contributed by atoms with Gasteiger partial charge in [-0.25, -0.2) is 0 Å². The minimum absolute atomic E-state index is 0.0535. The molecule has 0 saturated carbocycles. The molecule has 0 spiro atoms. The maximum atomic E-state index is 12.1. The molecule has 1 rings (SSSR count). The van der Waals surface area contributed by atoms with Gasteiger partial charge in [0.1, 0.15) is 6.10 Å². The number of amides is 1. The van der Waals surface area contributed by atoms with Gasteiger partial charge in [0, 0.05) is 6.42 Å². The number of hydrogen-bond acceptors (Lipinski definition) is 3. The molecular weight excluding hydrogens is 422 g/mol. The Balaban J connectivity index is 2.31. The summed E-state index contributed by atoms with van der Waals surface area (Å²) in [6.07, 6.45) is 28.3. The summed E-state index contributed by atoms with van der Waals surface area (Å²) in [5, 5.41) is 0. The van der Waals surface area contributed by atoms with Gasteiger partial charge in [0.25, 0.3) is 0 Å². The first-order valence-corrected chi connectivity index (χ1v) is 15.1. The number of nitrogens with two attached hydrogens (primary N) is 1. The number of ether oxygens (including phenoxy) is 1. The average Bonchev–Trinajstić information content (AvgIpc) is 2.81. The Bertz CT molecular complexity index is 507. The van der Waals surface area contributed by atoms with Gasteiger partial charge in [0.2, 0.25) is 5.91 Å². The van der Waals surface area contributed by atoms with Crippen molar-refractivity contribution in [2.45, 2.75) is 168 Å². The highest BCUT2D eigenvalue weighted by atomic mass is 16.6. The maximum absolute atomic E-state index is 12.1. The van der Waals surface area contributed by atoms with Crippen LogP contribution in [0.25, 0.3) is 0 Å². The molecule has 1 saturated heterocycles. The second-order valence-electron chi connectivity index (χ2n) is 10.9. The van der Waals surface area contributed by atoms with Gasteiger partial charge in [-0.2, -0.15) is 0 Å². The molecule has 0 aromatic heterocycles. The van der Waals surface area contributed by atoms with Crippen molar-refractivity contribution in [3.8, 4) is 0 Å². The molecule has 0 aliphatic carbocycles. The van der Waals surface area contributed by atoms with Gasteiger partial charge in [-0.3, -0.25) is 9.59 Å². The van der Waals surface area contributed by atoms with Crippen LogP contribution in [0.3, 0.4) is 0 Å². The van der Waals surface area contributed by atoms with E-state index in [1.807, 2.05) is 0 Å². The number of esters is 1. The van der Waals surface area contributed by atoms with Gasteiger partial charge in [-0.1, -0.05) is 136 Å². The summed E-state index contributed by atoms with van der Waals surface area (Å²) >= 11 is 0. The minimum Gasteiger partial charge on any atom is -0.461 e. The van der Waals surface area contributed by atoms with Gasteiger partial charge in [0.15, 0.2) is 0 Å². The quantitative estimate of drug-likeness (QED) is 0.105. The molecule has 4 heteroatoms. The Labute approximate surface area is 211 Å². The third-order valence-corrected chi connectivity index (χ3v) is 7.70. The van der Waals surface area contributed by atoms with E-state index in [9.17, 15) is 9.59 Å². The third-order valence-electron chi connectivity index (χ3n) is 7.70. The summed E-state index contributed by atoms with van der Waals surface area (Å²) in [4.78, 5) is 22.9. The highest BCUT2D eigenvalue weighted by Crippen LogP contribution is 2.35. The highest BCUT2D eigenvalue weighted by Gasteiger charge is 2.42. The molecule has 0 radical (unpaired) electrons. The summed E-state index contributed by atoms with van der Waals surface area (Å²) in [6, 6.07) is 0. The Morgan fingerprint density at radius 2 is 1.21 bits per heavy atom. The highest BCUT2D eigenvalue weighted by molar-refractivity contribution is 5.78. The number of hydrogen-bond donors (Lipinski definition) is 1. The molecular formula is C30H57NO3. The fraction of sp³-hybridized carbons (Fsp3) is 0.933. The molecule has 4 nitrogen and oxygen atoms in total. The van der Waals surface area contributed by atoms with Gasteiger partial charge in [-0.15, -0.1) is 0 Å². The topological polar surface area (TPSA) is 69.4 Å². The van der Waals surface area contributed by atoms with Crippen LogP contribution in [-0.4, -0.2) is 18.0 Å². The molecule has 200 valence electrons. The van der Waals surface area contributed by atoms with Gasteiger partial charge in [0.05, 0.1) is 5.92 Å². The summed E-state index contributed by atoms with van der Waals surface area (Å²) in [5.74, 6) is 0.723. The summed E-state index contributed by atoms with van der Waals surface area (Å²) in [6.45, 7) is 4.51. The van der Waals surface area contributed by atoms with E-state index in [1.165, 1.54) is 116 Å². The van der Waals surface area contributed by atoms with Crippen molar-refractivity contribution in [3.05, 3.63) is 0 Å². The van der Waals surface area contributed by atoms with Crippen LogP contribution in [0.2, 0.25) is 0 Å². The van der Waals surface area contributed by atoms with Crippen molar-refractivity contribution >= 4 is 11.9 Å². The van der Waals surface area contributed by atoms with Crippen LogP contribution in [0.5, 0.6) is 0 Å².